The highest BCUT2D eigenvalue weighted by atomic mass is 15.2. The topological polar surface area (TPSA) is 50.9 Å². The minimum Gasteiger partial charge on any atom is -0.271 e. The van der Waals surface area contributed by atoms with Gasteiger partial charge in [0.2, 0.25) is 0 Å². The van der Waals surface area contributed by atoms with Crippen LogP contribution in [0, 0.1) is 0 Å². The molecule has 0 radical (unpaired) electrons. The van der Waals surface area contributed by atoms with E-state index in [0.717, 1.165) is 18.5 Å². The average Bonchev–Trinajstić information content (AvgIpc) is 3.36. The van der Waals surface area contributed by atoms with Gasteiger partial charge in [-0.25, -0.2) is 0 Å². The van der Waals surface area contributed by atoms with Crippen LogP contribution in [0.4, 0.5) is 0 Å². The molecule has 0 saturated heterocycles. The van der Waals surface area contributed by atoms with Gasteiger partial charge in [-0.2, -0.15) is 0 Å². The standard InChI is InChI=1S/C18H23N3/c1-2-14-8-9-16(20-13-14)12-17(21-19)18(10-11-18)15-6-4-3-5-7-15/h3-9,13,17,21H,2,10-12,19H2,1H3. The number of pyridine rings is 1. The van der Waals surface area contributed by atoms with E-state index in [9.17, 15) is 0 Å². The molecule has 2 aromatic rings. The van der Waals surface area contributed by atoms with E-state index in [0.29, 0.717) is 0 Å². The maximum atomic E-state index is 5.86. The summed E-state index contributed by atoms with van der Waals surface area (Å²) in [6.07, 6.45) is 6.26. The number of benzene rings is 1. The lowest BCUT2D eigenvalue weighted by atomic mass is 9.85. The van der Waals surface area contributed by atoms with Gasteiger partial charge in [0.25, 0.3) is 0 Å². The summed E-state index contributed by atoms with van der Waals surface area (Å²) in [7, 11) is 0. The number of rotatable bonds is 6. The van der Waals surface area contributed by atoms with Gasteiger partial charge in [0.1, 0.15) is 0 Å². The first kappa shape index (κ1) is 14.2. The van der Waals surface area contributed by atoms with Crippen molar-refractivity contribution in [3.63, 3.8) is 0 Å². The highest BCUT2D eigenvalue weighted by Gasteiger charge is 2.50. The molecular formula is C18H23N3. The number of nitrogens with two attached hydrogens (primary N) is 1. The number of hydrazine groups is 1. The Morgan fingerprint density at radius 3 is 2.48 bits per heavy atom. The molecular weight excluding hydrogens is 258 g/mol. The fourth-order valence-corrected chi connectivity index (χ4v) is 3.15. The molecule has 1 aliphatic rings. The van der Waals surface area contributed by atoms with Crippen molar-refractivity contribution in [1.82, 2.24) is 10.4 Å². The van der Waals surface area contributed by atoms with Crippen molar-refractivity contribution in [2.24, 2.45) is 5.84 Å². The van der Waals surface area contributed by atoms with Crippen molar-refractivity contribution < 1.29 is 0 Å². The molecule has 1 heterocycles. The number of hydrogen-bond donors (Lipinski definition) is 2. The largest absolute Gasteiger partial charge is 0.271 e. The van der Waals surface area contributed by atoms with Crippen LogP contribution in [0.5, 0.6) is 0 Å². The Hall–Kier alpha value is -1.71. The van der Waals surface area contributed by atoms with Crippen LogP contribution in [-0.4, -0.2) is 11.0 Å². The van der Waals surface area contributed by atoms with E-state index in [-0.39, 0.29) is 11.5 Å². The number of nitrogens with one attached hydrogen (secondary N) is 1. The number of hydrogen-bond acceptors (Lipinski definition) is 3. The van der Waals surface area contributed by atoms with E-state index in [4.69, 9.17) is 5.84 Å². The Bertz CT molecular complexity index is 573. The quantitative estimate of drug-likeness (QED) is 0.632. The zero-order chi connectivity index (χ0) is 14.7. The van der Waals surface area contributed by atoms with Gasteiger partial charge in [0, 0.05) is 29.8 Å². The van der Waals surface area contributed by atoms with E-state index in [1.54, 1.807) is 0 Å². The summed E-state index contributed by atoms with van der Waals surface area (Å²) in [6, 6.07) is 15.2. The van der Waals surface area contributed by atoms with Crippen molar-refractivity contribution in [3.05, 3.63) is 65.5 Å². The van der Waals surface area contributed by atoms with Crippen molar-refractivity contribution in [2.75, 3.05) is 0 Å². The van der Waals surface area contributed by atoms with Gasteiger partial charge in [0.15, 0.2) is 0 Å². The lowest BCUT2D eigenvalue weighted by molar-refractivity contribution is 0.417. The van der Waals surface area contributed by atoms with Crippen LogP contribution >= 0.6 is 0 Å². The molecule has 110 valence electrons. The van der Waals surface area contributed by atoms with Gasteiger partial charge in [0.05, 0.1) is 0 Å². The smallest absolute Gasteiger partial charge is 0.0420 e. The number of aromatic nitrogens is 1. The Kier molecular flexibility index (Phi) is 4.04. The molecule has 1 aromatic carbocycles. The van der Waals surface area contributed by atoms with Gasteiger partial charge in [-0.1, -0.05) is 43.3 Å². The maximum Gasteiger partial charge on any atom is 0.0420 e. The van der Waals surface area contributed by atoms with Crippen LogP contribution in [-0.2, 0) is 18.3 Å². The summed E-state index contributed by atoms with van der Waals surface area (Å²) < 4.78 is 0. The van der Waals surface area contributed by atoms with Crippen molar-refractivity contribution in [2.45, 2.75) is 44.1 Å². The molecule has 3 rings (SSSR count). The van der Waals surface area contributed by atoms with E-state index in [2.05, 4.69) is 59.8 Å². The summed E-state index contributed by atoms with van der Waals surface area (Å²) in [5.74, 6) is 5.86. The Labute approximate surface area is 126 Å². The second-order valence-corrected chi connectivity index (χ2v) is 5.96. The first-order valence-electron chi connectivity index (χ1n) is 7.74. The van der Waals surface area contributed by atoms with Crippen LogP contribution in [0.3, 0.4) is 0 Å². The van der Waals surface area contributed by atoms with Gasteiger partial charge in [-0.3, -0.25) is 16.3 Å². The van der Waals surface area contributed by atoms with Crippen molar-refractivity contribution in [1.29, 1.82) is 0 Å². The molecule has 1 fully saturated rings. The second-order valence-electron chi connectivity index (χ2n) is 5.96. The fourth-order valence-electron chi connectivity index (χ4n) is 3.15. The van der Waals surface area contributed by atoms with Crippen LogP contribution < -0.4 is 11.3 Å². The van der Waals surface area contributed by atoms with Gasteiger partial charge in [-0.15, -0.1) is 0 Å². The summed E-state index contributed by atoms with van der Waals surface area (Å²) in [5, 5.41) is 0. The normalized spacial score (nSPS) is 17.4. The predicted octanol–water partition coefficient (Wildman–Crippen LogP) is 2.75. The molecule has 3 N–H and O–H groups in total. The van der Waals surface area contributed by atoms with Gasteiger partial charge in [-0.05, 0) is 36.5 Å². The van der Waals surface area contributed by atoms with Gasteiger partial charge >= 0.3 is 0 Å². The van der Waals surface area contributed by atoms with E-state index < -0.39 is 0 Å². The average molecular weight is 281 g/mol. The molecule has 0 aliphatic heterocycles. The van der Waals surface area contributed by atoms with Crippen LogP contribution in [0.1, 0.15) is 36.6 Å². The Morgan fingerprint density at radius 1 is 1.19 bits per heavy atom. The minimum atomic E-state index is 0.182. The zero-order valence-electron chi connectivity index (χ0n) is 12.5. The zero-order valence-corrected chi connectivity index (χ0v) is 12.5. The van der Waals surface area contributed by atoms with Gasteiger partial charge < -0.3 is 0 Å². The molecule has 3 nitrogen and oxygen atoms in total. The first-order chi connectivity index (χ1) is 10.3. The maximum absolute atomic E-state index is 5.86. The predicted molar refractivity (Wildman–Crippen MR) is 85.8 cm³/mol. The molecule has 1 atom stereocenters. The number of aryl methyl sites for hydroxylation is 1. The lowest BCUT2D eigenvalue weighted by Crippen LogP contribution is -2.45. The molecule has 0 bridgehead atoms. The minimum absolute atomic E-state index is 0.182. The fraction of sp³-hybridized carbons (Fsp3) is 0.389. The third-order valence-electron chi connectivity index (χ3n) is 4.71. The van der Waals surface area contributed by atoms with Crippen LogP contribution in [0.2, 0.25) is 0 Å². The summed E-state index contributed by atoms with van der Waals surface area (Å²) in [4.78, 5) is 4.58. The summed E-state index contributed by atoms with van der Waals surface area (Å²) in [6.45, 7) is 2.15. The molecule has 0 amide bonds. The highest BCUT2D eigenvalue weighted by molar-refractivity contribution is 5.34. The molecule has 0 spiro atoms. The summed E-state index contributed by atoms with van der Waals surface area (Å²) in [5.41, 5.74) is 7.00. The molecule has 1 aliphatic carbocycles. The van der Waals surface area contributed by atoms with E-state index in [1.807, 2.05) is 6.20 Å². The molecule has 1 saturated carbocycles. The van der Waals surface area contributed by atoms with Crippen LogP contribution in [0.25, 0.3) is 0 Å². The highest BCUT2D eigenvalue weighted by Crippen LogP contribution is 2.51. The van der Waals surface area contributed by atoms with Crippen LogP contribution in [0.15, 0.2) is 48.7 Å². The summed E-state index contributed by atoms with van der Waals surface area (Å²) >= 11 is 0. The monoisotopic (exact) mass is 281 g/mol. The third kappa shape index (κ3) is 2.85. The second kappa shape index (κ2) is 5.96. The number of nitrogens with zero attached hydrogens (tertiary/aromatic N) is 1. The third-order valence-corrected chi connectivity index (χ3v) is 4.71. The lowest BCUT2D eigenvalue weighted by Gasteiger charge is -2.26. The Balaban J connectivity index is 1.79. The van der Waals surface area contributed by atoms with Crippen molar-refractivity contribution in [3.8, 4) is 0 Å². The van der Waals surface area contributed by atoms with E-state index >= 15 is 0 Å². The molecule has 3 heteroatoms. The first-order valence-corrected chi connectivity index (χ1v) is 7.74. The Morgan fingerprint density at radius 2 is 1.95 bits per heavy atom. The SMILES string of the molecule is CCc1ccc(CC(NN)C2(c3ccccc3)CC2)nc1. The van der Waals surface area contributed by atoms with Crippen molar-refractivity contribution >= 4 is 0 Å². The van der Waals surface area contributed by atoms with E-state index in [1.165, 1.54) is 24.0 Å². The molecule has 1 aromatic heterocycles. The molecule has 21 heavy (non-hydrogen) atoms. The molecule has 1 unspecified atom stereocenters.